The third-order valence-electron chi connectivity index (χ3n) is 22.0. The van der Waals surface area contributed by atoms with Crippen molar-refractivity contribution in [2.45, 2.75) is 27.6 Å². The zero-order chi connectivity index (χ0) is 80.2. The van der Waals surface area contributed by atoms with E-state index in [1.54, 1.807) is 18.3 Å². The summed E-state index contributed by atoms with van der Waals surface area (Å²) in [7, 11) is 24.8. The van der Waals surface area contributed by atoms with E-state index in [0.29, 0.717) is 5.56 Å². The molecule has 16 heterocycles. The number of fused-ring (bicyclic) bond motifs is 12. The van der Waals surface area contributed by atoms with Gasteiger partial charge in [-0.05, 0) is 123 Å². The molecule has 0 bridgehead atoms. The van der Waals surface area contributed by atoms with Gasteiger partial charge >= 0.3 is 0 Å². The third-order valence-corrected chi connectivity index (χ3v) is 22.0. The Morgan fingerprint density at radius 3 is 0.973 bits per heavy atom. The molecular weight excluding hydrogens is 1390 g/mol. The van der Waals surface area contributed by atoms with Crippen LogP contribution in [0.25, 0.3) is 158 Å². The molecule has 0 N–H and O–H groups in total. The van der Waals surface area contributed by atoms with E-state index in [1.807, 2.05) is 74.2 Å². The molecule has 16 aromatic heterocycles. The Morgan fingerprint density at radius 1 is 0.259 bits per heavy atom. The van der Waals surface area contributed by atoms with E-state index < -0.39 is 6.85 Å². The number of rotatable bonds is 8. The van der Waals surface area contributed by atoms with Crippen LogP contribution in [0, 0.1) is 27.6 Å². The van der Waals surface area contributed by atoms with Gasteiger partial charge in [-0.1, -0.05) is 48.5 Å². The average Bonchev–Trinajstić information content (AvgIpc) is 1.59. The standard InChI is InChI=1S/4C23H23N5/c1-16-13-20(19-11-7-8-12-25(19)2)26(3)21(14-16)22-15-28-18-10-6-5-9-17(18)24-23(28)27(22)4;1-16-12-13-19(25(2)14-16)20-10-7-11-21(26(20)3)22-15-28-18-9-6-5-8-17(18)24-23(28)27(22)4;2*1-16-12-13-25(2)21(14-16)19-10-7-11-20(26(19)3)22-15-28-18-9-6-5-8-17(18)24-23(28)27(22)4/h4*5-15H,1-4H3/q4*+2/i;;1D3;. The summed E-state index contributed by atoms with van der Waals surface area (Å²) in [6, 6.07) is 74.7. The number of pyridine rings is 8. The summed E-state index contributed by atoms with van der Waals surface area (Å²) in [5, 5.41) is 0. The molecule has 20 rings (SSSR count). The predicted octanol–water partition coefficient (Wildman–Crippen LogP) is 12.5. The highest BCUT2D eigenvalue weighted by Crippen LogP contribution is 2.31. The summed E-state index contributed by atoms with van der Waals surface area (Å²) >= 11 is 0. The lowest BCUT2D eigenvalue weighted by Crippen LogP contribution is -2.40. The Bertz CT molecular complexity index is 7250. The summed E-state index contributed by atoms with van der Waals surface area (Å²) in [4.78, 5) is 19.2. The maximum atomic E-state index is 7.78. The van der Waals surface area contributed by atoms with Gasteiger partial charge in [0, 0.05) is 154 Å². The summed E-state index contributed by atoms with van der Waals surface area (Å²) in [5.41, 5.74) is 30.3. The second-order valence-corrected chi connectivity index (χ2v) is 29.3. The molecule has 20 aromatic rings. The number of aromatic nitrogens is 20. The third kappa shape index (κ3) is 12.3. The second kappa shape index (κ2) is 28.3. The van der Waals surface area contributed by atoms with Crippen LogP contribution in [0.2, 0.25) is 0 Å². The summed E-state index contributed by atoms with van der Waals surface area (Å²) < 4.78 is 57.8. The number of nitrogens with zero attached hydrogens (tertiary/aromatic N) is 20. The number of hydrogen-bond acceptors (Lipinski definition) is 4. The van der Waals surface area contributed by atoms with Gasteiger partial charge in [0.2, 0.25) is 45.9 Å². The lowest BCUT2D eigenvalue weighted by molar-refractivity contribution is -0.685. The van der Waals surface area contributed by atoms with Crippen LogP contribution in [0.5, 0.6) is 0 Å². The quantitative estimate of drug-likeness (QED) is 0.141. The largest absolute Gasteiger partial charge is 0.308 e. The van der Waals surface area contributed by atoms with Crippen molar-refractivity contribution in [1.29, 1.82) is 0 Å². The number of imidazole rings is 8. The molecule has 0 saturated heterocycles. The minimum atomic E-state index is -2.15. The van der Waals surface area contributed by atoms with Crippen molar-refractivity contribution in [3.8, 4) is 91.1 Å². The minimum absolute atomic E-state index is 0.329. The Balaban J connectivity index is 0.000000111. The Morgan fingerprint density at radius 2 is 0.571 bits per heavy atom. The highest BCUT2D eigenvalue weighted by Gasteiger charge is 2.31. The van der Waals surface area contributed by atoms with Crippen molar-refractivity contribution >= 4 is 67.2 Å². The smallest absolute Gasteiger partial charge is 0.277 e. The molecule has 112 heavy (non-hydrogen) atoms. The molecule has 0 aliphatic rings. The maximum absolute atomic E-state index is 7.78. The van der Waals surface area contributed by atoms with Crippen molar-refractivity contribution in [3.05, 3.63) is 290 Å². The van der Waals surface area contributed by atoms with Gasteiger partial charge in [-0.25, -0.2) is 19.9 Å². The Labute approximate surface area is 653 Å². The van der Waals surface area contributed by atoms with Gasteiger partial charge in [-0.3, -0.25) is 17.6 Å². The molecule has 0 saturated carbocycles. The van der Waals surface area contributed by atoms with Crippen LogP contribution < -0.4 is 36.5 Å². The zero-order valence-electron chi connectivity index (χ0n) is 68.8. The average molecular weight is 1480 g/mol. The van der Waals surface area contributed by atoms with Gasteiger partial charge in [0.25, 0.3) is 45.6 Å². The molecule has 20 nitrogen and oxygen atoms in total. The van der Waals surface area contributed by atoms with Gasteiger partial charge in [-0.2, -0.15) is 36.5 Å². The highest BCUT2D eigenvalue weighted by atomic mass is 15.2. The number of para-hydroxylation sites is 8. The van der Waals surface area contributed by atoms with E-state index in [-0.39, 0.29) is 0 Å². The topological polar surface area (TPSA) is 120 Å². The van der Waals surface area contributed by atoms with Crippen LogP contribution >= 0.6 is 0 Å². The Hall–Kier alpha value is -13.9. The van der Waals surface area contributed by atoms with Crippen LogP contribution in [-0.2, 0) is 84.6 Å². The first-order valence-corrected chi connectivity index (χ1v) is 37.5. The van der Waals surface area contributed by atoms with Crippen LogP contribution in [-0.4, -0.2) is 55.8 Å². The number of benzene rings is 4. The molecule has 0 spiro atoms. The van der Waals surface area contributed by atoms with Gasteiger partial charge in [0.15, 0.2) is 24.8 Å². The van der Waals surface area contributed by atoms with Gasteiger partial charge in [-0.15, -0.1) is 0 Å². The van der Waals surface area contributed by atoms with Crippen molar-refractivity contribution < 1.29 is 40.6 Å². The van der Waals surface area contributed by atoms with E-state index in [4.69, 9.17) is 24.0 Å². The van der Waals surface area contributed by atoms with Crippen LogP contribution in [0.15, 0.2) is 268 Å². The normalized spacial score (nSPS) is 12.1. The molecule has 0 amide bonds. The summed E-state index contributed by atoms with van der Waals surface area (Å²) in [5.74, 6) is 3.71. The lowest BCUT2D eigenvalue weighted by atomic mass is 10.1. The van der Waals surface area contributed by atoms with Crippen LogP contribution in [0.1, 0.15) is 26.4 Å². The number of hydrogen-bond donors (Lipinski definition) is 0. The van der Waals surface area contributed by atoms with Gasteiger partial charge < -0.3 is 18.3 Å². The van der Waals surface area contributed by atoms with Crippen LogP contribution in [0.3, 0.4) is 0 Å². The van der Waals surface area contributed by atoms with Gasteiger partial charge in [0.1, 0.15) is 79.2 Å². The first-order valence-electron chi connectivity index (χ1n) is 39.0. The van der Waals surface area contributed by atoms with Crippen molar-refractivity contribution in [3.63, 3.8) is 0 Å². The Kier molecular flexibility index (Phi) is 17.0. The fourth-order valence-electron chi connectivity index (χ4n) is 15.9. The van der Waals surface area contributed by atoms with Crippen molar-refractivity contribution in [2.24, 2.45) is 84.6 Å². The van der Waals surface area contributed by atoms with E-state index in [9.17, 15) is 0 Å². The molecule has 20 heteroatoms. The molecule has 552 valence electrons. The summed E-state index contributed by atoms with van der Waals surface area (Å²) in [6.45, 7) is 4.25. The fourth-order valence-corrected chi connectivity index (χ4v) is 15.9. The van der Waals surface area contributed by atoms with Gasteiger partial charge in [0.05, 0.1) is 44.1 Å². The lowest BCUT2D eigenvalue weighted by Gasteiger charge is -2.07. The second-order valence-electron chi connectivity index (χ2n) is 29.3. The van der Waals surface area contributed by atoms with E-state index in [1.165, 1.54) is 50.9 Å². The van der Waals surface area contributed by atoms with Crippen molar-refractivity contribution in [2.75, 3.05) is 0 Å². The molecule has 0 aliphatic carbocycles. The molecule has 4 aromatic carbocycles. The van der Waals surface area contributed by atoms with E-state index in [2.05, 4.69) is 353 Å². The first kappa shape index (κ1) is 67.5. The molecule has 0 unspecified atom stereocenters. The van der Waals surface area contributed by atoms with Crippen molar-refractivity contribution in [1.82, 2.24) is 55.8 Å². The molecule has 0 aliphatic heterocycles. The van der Waals surface area contributed by atoms with E-state index >= 15 is 0 Å². The highest BCUT2D eigenvalue weighted by molar-refractivity contribution is 5.84. The zero-order valence-corrected chi connectivity index (χ0v) is 65.8. The van der Waals surface area contributed by atoms with Crippen LogP contribution in [0.4, 0.5) is 0 Å². The molecule has 0 atom stereocenters. The first-order chi connectivity index (χ1) is 55.4. The monoisotopic (exact) mass is 1480 g/mol. The predicted molar refractivity (Wildman–Crippen MR) is 439 cm³/mol. The summed E-state index contributed by atoms with van der Waals surface area (Å²) in [6.07, 6.45) is 16.8. The number of aryl methyl sites for hydroxylation is 12. The van der Waals surface area contributed by atoms with E-state index in [0.717, 1.165) is 124 Å². The minimum Gasteiger partial charge on any atom is -0.308 e. The molecule has 0 fully saturated rings. The molecule has 0 radical (unpaired) electrons. The molecular formula is C92H92N20+8. The fraction of sp³-hybridized carbons (Fsp3) is 0.174. The maximum Gasteiger partial charge on any atom is 0.277 e. The SMILES string of the molecule is Cc1cc(-c2cn3c4ccccc4nc3n2C)[n+](C)c(-c2cccc[n+]2C)c1.Cc1cc[n+](C)c(-c2cccc(-c3cn4c5ccccc5nc4n3C)[n+]2C)c1.Cc1ccc(-c2cccc(-c3cn4c5ccccc5nc4n3C)[n+]2C)[n+](C)c1.[2H]C([2H])([2H])c1cc[n+](C)c(-c2cccc(-c3cn4c5ccccc5nc4n3C)[n+]2C)c1.